The minimum atomic E-state index is -3.41. The zero-order valence-electron chi connectivity index (χ0n) is 2.39. The summed E-state index contributed by atoms with van der Waals surface area (Å²) in [5.74, 6) is 0. The molecular formula is ClIO3S. The Bertz CT molecular complexity index is 124. The molecule has 1 aliphatic rings. The third kappa shape index (κ3) is 1.30. The van der Waals surface area contributed by atoms with Crippen LogP contribution in [0.15, 0.2) is 0 Å². The highest BCUT2D eigenvalue weighted by atomic mass is 127. The van der Waals surface area contributed by atoms with Gasteiger partial charge in [-0.2, -0.15) is 0 Å². The predicted octanol–water partition coefficient (Wildman–Crippen LogP) is 1.10. The molecule has 0 amide bonds. The quantitative estimate of drug-likeness (QED) is 0.276. The van der Waals surface area contributed by atoms with E-state index < -0.39 is 6.01 Å². The molecule has 1 heterocycles. The second-order valence-electron chi connectivity index (χ2n) is 0.776. The summed E-state index contributed by atoms with van der Waals surface area (Å²) in [6.45, 7) is 0. The molecule has 0 aliphatic carbocycles. The Hall–Kier alpha value is 1.09. The summed E-state index contributed by atoms with van der Waals surface area (Å²) >= 11 is 1.40. The second kappa shape index (κ2) is 0.921. The highest BCUT2D eigenvalue weighted by molar-refractivity contribution is 14.2. The van der Waals surface area contributed by atoms with Crippen LogP contribution in [0.4, 0.5) is 0 Å². The van der Waals surface area contributed by atoms with Crippen molar-refractivity contribution in [3.05, 3.63) is 0 Å². The number of hydrogen-bond donors (Lipinski definition) is 0. The Labute approximate surface area is 50.8 Å². The van der Waals surface area contributed by atoms with Gasteiger partial charge in [0.1, 0.15) is 0 Å². The zero-order valence-corrected chi connectivity index (χ0v) is 6.12. The molecule has 38 valence electrons. The maximum absolute atomic E-state index is 10.2. The molecule has 1 fully saturated rings. The van der Waals surface area contributed by atoms with E-state index in [1.165, 1.54) is 21.2 Å². The van der Waals surface area contributed by atoms with Crippen LogP contribution in [0.1, 0.15) is 0 Å². The largest absolute Gasteiger partial charge is 0.266 e. The van der Waals surface area contributed by atoms with Crippen LogP contribution in [0, 0.1) is 0 Å². The molecule has 1 aliphatic heterocycles. The summed E-state index contributed by atoms with van der Waals surface area (Å²) in [4.78, 5) is 0. The van der Waals surface area contributed by atoms with Crippen molar-refractivity contribution in [2.75, 3.05) is 0 Å². The Morgan fingerprint density at radius 1 is 1.67 bits per heavy atom. The minimum absolute atomic E-state index is 1.40. The van der Waals surface area contributed by atoms with Gasteiger partial charge in [-0.05, 0) is 0 Å². The molecule has 6 heavy (non-hydrogen) atoms. The summed E-state index contributed by atoms with van der Waals surface area (Å²) in [6.07, 6.45) is 0. The average molecular weight is 242 g/mol. The minimum Gasteiger partial charge on any atom is -0.200 e. The van der Waals surface area contributed by atoms with Crippen molar-refractivity contribution in [1.82, 2.24) is 0 Å². The van der Waals surface area contributed by atoms with Crippen molar-refractivity contribution in [2.45, 2.75) is 0 Å². The standard InChI is InChI=1S/ClIO3S/c1-6(2,3)4-5-6. The monoisotopic (exact) mass is 242 g/mol. The molecule has 6 heteroatoms. The van der Waals surface area contributed by atoms with Crippen LogP contribution in [-0.4, -0.2) is 4.21 Å². The van der Waals surface area contributed by atoms with E-state index in [1.54, 1.807) is 0 Å². The second-order valence-corrected chi connectivity index (χ2v) is 10.0. The lowest BCUT2D eigenvalue weighted by Crippen LogP contribution is -1.83. The van der Waals surface area contributed by atoms with Gasteiger partial charge < -0.3 is 0 Å². The van der Waals surface area contributed by atoms with Crippen LogP contribution in [0.5, 0.6) is 0 Å². The lowest BCUT2D eigenvalue weighted by Gasteiger charge is -1.83. The molecule has 0 N–H and O–H groups in total. The van der Waals surface area contributed by atoms with Crippen molar-refractivity contribution in [3.8, 4) is 0 Å². The molecule has 1 rings (SSSR count). The van der Waals surface area contributed by atoms with Crippen molar-refractivity contribution in [3.63, 3.8) is 0 Å². The highest BCUT2D eigenvalue weighted by Crippen LogP contribution is 2.55. The van der Waals surface area contributed by atoms with Gasteiger partial charge in [-0.15, -0.1) is 0 Å². The van der Waals surface area contributed by atoms with Crippen LogP contribution >= 0.6 is 31.9 Å². The molecule has 0 radical (unpaired) electrons. The van der Waals surface area contributed by atoms with Crippen molar-refractivity contribution in [1.29, 1.82) is 0 Å². The van der Waals surface area contributed by atoms with E-state index in [0.29, 0.717) is 0 Å². The smallest absolute Gasteiger partial charge is 0.200 e. The first kappa shape index (κ1) is 5.23. The van der Waals surface area contributed by atoms with Crippen molar-refractivity contribution in [2.24, 2.45) is 0 Å². The maximum Gasteiger partial charge on any atom is 0.266 e. The molecule has 0 spiro atoms. The van der Waals surface area contributed by atoms with Gasteiger partial charge in [0.05, 0.1) is 21.2 Å². The van der Waals surface area contributed by atoms with Crippen LogP contribution < -0.4 is 0 Å². The first-order chi connectivity index (χ1) is 2.47. The van der Waals surface area contributed by atoms with Crippen LogP contribution in [0.25, 0.3) is 0 Å². The Balaban J connectivity index is 2.96. The molecule has 0 aromatic carbocycles. The number of halogens is 2. The van der Waals surface area contributed by atoms with Crippen molar-refractivity contribution < 1.29 is 12.9 Å². The first-order valence-electron chi connectivity index (χ1n) is 0.975. The topological polar surface area (TPSA) is 42.1 Å². The number of hydrogen-bond acceptors (Lipinski definition) is 3. The van der Waals surface area contributed by atoms with Gasteiger partial charge in [0, 0.05) is 10.7 Å². The molecule has 0 atom stereocenters. The van der Waals surface area contributed by atoms with Crippen LogP contribution in [-0.2, 0) is 14.7 Å². The molecule has 0 unspecified atom stereocenters. The molecule has 0 aromatic heterocycles. The third-order valence-corrected chi connectivity index (χ3v) is 1.87. The van der Waals surface area contributed by atoms with Crippen LogP contribution in [0.3, 0.4) is 0 Å². The lowest BCUT2D eigenvalue weighted by molar-refractivity contribution is 0.0850. The van der Waals surface area contributed by atoms with Gasteiger partial charge in [0.15, 0.2) is 0 Å². The van der Waals surface area contributed by atoms with E-state index in [1.807, 2.05) is 0 Å². The van der Waals surface area contributed by atoms with Crippen LogP contribution in [0.2, 0.25) is 0 Å². The molecule has 0 aromatic rings. The molecule has 0 saturated carbocycles. The van der Waals surface area contributed by atoms with Gasteiger partial charge in [0.25, 0.3) is 6.01 Å². The van der Waals surface area contributed by atoms with E-state index in [0.717, 1.165) is 0 Å². The average Bonchev–Trinajstić information content (AvgIpc) is 1.73. The van der Waals surface area contributed by atoms with Gasteiger partial charge >= 0.3 is 0 Å². The fourth-order valence-electron chi connectivity index (χ4n) is 0.0323. The van der Waals surface area contributed by atoms with E-state index in [4.69, 9.17) is 10.7 Å². The fraction of sp³-hybridized carbons (Fsp3) is 0. The molecule has 1 saturated heterocycles. The third-order valence-electron chi connectivity index (χ3n) is 0.226. The van der Waals surface area contributed by atoms with E-state index >= 15 is 0 Å². The number of rotatable bonds is 0. The van der Waals surface area contributed by atoms with Gasteiger partial charge in [0.2, 0.25) is 0 Å². The van der Waals surface area contributed by atoms with E-state index in [9.17, 15) is 4.21 Å². The summed E-state index contributed by atoms with van der Waals surface area (Å²) in [6, 6.07) is -3.41. The summed E-state index contributed by atoms with van der Waals surface area (Å²) in [5, 5.41) is 0. The highest BCUT2D eigenvalue weighted by Gasteiger charge is 2.51. The van der Waals surface area contributed by atoms with E-state index in [2.05, 4.69) is 8.67 Å². The Kier molecular flexibility index (Phi) is 0.803. The normalized spacial score (nSPS) is 42.7. The zero-order chi connectivity index (χ0) is 4.86. The van der Waals surface area contributed by atoms with Gasteiger partial charge in [-0.25, -0.2) is 4.21 Å². The maximum atomic E-state index is 10.2. The first-order valence-corrected chi connectivity index (χ1v) is 6.16. The van der Waals surface area contributed by atoms with Gasteiger partial charge in [-0.3, -0.25) is 0 Å². The van der Waals surface area contributed by atoms with E-state index in [-0.39, 0.29) is 0 Å². The summed E-state index contributed by atoms with van der Waals surface area (Å²) in [5.41, 5.74) is 0. The Morgan fingerprint density at radius 2 is 1.83 bits per heavy atom. The SMILES string of the molecule is O=S1(Cl)(I)OO1. The molecule has 3 nitrogen and oxygen atoms in total. The fourth-order valence-corrected chi connectivity index (χ4v) is 1.02. The van der Waals surface area contributed by atoms with Crippen molar-refractivity contribution >= 4 is 37.9 Å². The molecular weight excluding hydrogens is 242 g/mol. The Morgan fingerprint density at radius 3 is 1.83 bits per heavy atom. The summed E-state index contributed by atoms with van der Waals surface area (Å²) in [7, 11) is 4.99. The predicted molar refractivity (Wildman–Crippen MR) is 30.2 cm³/mol. The lowest BCUT2D eigenvalue weighted by atomic mass is 15.0. The van der Waals surface area contributed by atoms with Gasteiger partial charge in [-0.1, -0.05) is 8.67 Å². The molecule has 0 bridgehead atoms. The summed E-state index contributed by atoms with van der Waals surface area (Å²) < 4.78 is 18.0.